The molecule has 1 aromatic heterocycles. The second kappa shape index (κ2) is 11.4. The molecule has 0 bridgehead atoms. The highest BCUT2D eigenvalue weighted by Crippen LogP contribution is 2.30. The molecule has 1 unspecified atom stereocenters. The van der Waals surface area contributed by atoms with Crippen molar-refractivity contribution < 1.29 is 9.47 Å². The van der Waals surface area contributed by atoms with Gasteiger partial charge in [0.05, 0.1) is 31.5 Å². The summed E-state index contributed by atoms with van der Waals surface area (Å²) in [4.78, 5) is 11.3. The van der Waals surface area contributed by atoms with E-state index in [1.807, 2.05) is 18.2 Å². The maximum absolute atomic E-state index is 5.39. The van der Waals surface area contributed by atoms with Gasteiger partial charge >= 0.3 is 0 Å². The van der Waals surface area contributed by atoms with E-state index in [4.69, 9.17) is 9.47 Å². The van der Waals surface area contributed by atoms with Crippen LogP contribution in [0.2, 0.25) is 0 Å². The minimum Gasteiger partial charge on any atom is -0.497 e. The van der Waals surface area contributed by atoms with Crippen LogP contribution >= 0.6 is 35.3 Å². The van der Waals surface area contributed by atoms with Gasteiger partial charge in [0.1, 0.15) is 11.5 Å². The molecule has 29 heavy (non-hydrogen) atoms. The van der Waals surface area contributed by atoms with Crippen LogP contribution in [0.1, 0.15) is 24.0 Å². The molecule has 160 valence electrons. The first kappa shape index (κ1) is 23.5. The minimum atomic E-state index is 0. The van der Waals surface area contributed by atoms with E-state index in [0.29, 0.717) is 12.6 Å². The molecule has 0 amide bonds. The second-order valence-electron chi connectivity index (χ2n) is 6.66. The van der Waals surface area contributed by atoms with Crippen molar-refractivity contribution in [2.24, 2.45) is 4.99 Å². The summed E-state index contributed by atoms with van der Waals surface area (Å²) in [6, 6.07) is 6.31. The van der Waals surface area contributed by atoms with E-state index >= 15 is 0 Å². The number of aryl methyl sites for hydroxylation is 1. The summed E-state index contributed by atoms with van der Waals surface area (Å²) >= 11 is 1.71. The summed E-state index contributed by atoms with van der Waals surface area (Å²) in [5, 5.41) is 10.2. The van der Waals surface area contributed by atoms with Gasteiger partial charge in [0.15, 0.2) is 5.96 Å². The monoisotopic (exact) mass is 531 g/mol. The summed E-state index contributed by atoms with van der Waals surface area (Å²) in [6.07, 6.45) is 2.02. The number of thiazole rings is 1. The Morgan fingerprint density at radius 3 is 2.59 bits per heavy atom. The lowest BCUT2D eigenvalue weighted by Gasteiger charge is -2.21. The summed E-state index contributed by atoms with van der Waals surface area (Å²) in [7, 11) is 5.15. The Kier molecular flexibility index (Phi) is 9.28. The maximum Gasteiger partial charge on any atom is 0.191 e. The summed E-state index contributed by atoms with van der Waals surface area (Å²) in [6.45, 7) is 4.67. The molecule has 1 aliphatic rings. The first-order chi connectivity index (χ1) is 13.6. The number of aromatic nitrogens is 1. The van der Waals surface area contributed by atoms with Gasteiger partial charge in [0.2, 0.25) is 0 Å². The van der Waals surface area contributed by atoms with Gasteiger partial charge in [-0.05, 0) is 12.8 Å². The molecule has 1 fully saturated rings. The van der Waals surface area contributed by atoms with Crippen molar-refractivity contribution in [1.82, 2.24) is 15.6 Å². The van der Waals surface area contributed by atoms with E-state index < -0.39 is 0 Å². The number of rotatable bonds is 7. The van der Waals surface area contributed by atoms with Gasteiger partial charge in [-0.2, -0.15) is 0 Å². The zero-order valence-corrected chi connectivity index (χ0v) is 20.5. The third-order valence-electron chi connectivity index (χ3n) is 4.79. The van der Waals surface area contributed by atoms with E-state index in [1.165, 1.54) is 5.01 Å². The Labute approximate surface area is 193 Å². The van der Waals surface area contributed by atoms with Crippen molar-refractivity contribution in [3.8, 4) is 11.5 Å². The molecule has 2 aromatic rings. The smallest absolute Gasteiger partial charge is 0.191 e. The fraction of sp³-hybridized carbons (Fsp3) is 0.500. The van der Waals surface area contributed by atoms with Gasteiger partial charge in [0.25, 0.3) is 0 Å². The highest BCUT2D eigenvalue weighted by atomic mass is 127. The van der Waals surface area contributed by atoms with Crippen LogP contribution in [-0.4, -0.2) is 51.3 Å². The number of halogens is 1. The normalized spacial score (nSPS) is 16.3. The molecule has 0 saturated carbocycles. The van der Waals surface area contributed by atoms with Gasteiger partial charge in [0, 0.05) is 55.4 Å². The molecule has 0 spiro atoms. The van der Waals surface area contributed by atoms with E-state index in [9.17, 15) is 0 Å². The van der Waals surface area contributed by atoms with Crippen LogP contribution in [-0.2, 0) is 13.0 Å². The molecule has 1 saturated heterocycles. The van der Waals surface area contributed by atoms with Crippen LogP contribution in [0.5, 0.6) is 11.5 Å². The molecule has 2 heterocycles. The second-order valence-corrected chi connectivity index (χ2v) is 7.60. The number of ether oxygens (including phenoxy) is 2. The molecule has 1 atom stereocenters. The Morgan fingerprint density at radius 1 is 1.28 bits per heavy atom. The SMILES string of the molecule is CCc1nc(CNC(=NC)NC2CCN(c3cc(OC)cc(OC)c3)C2)cs1.I. The molecule has 2 N–H and O–H groups in total. The number of anilines is 1. The zero-order chi connectivity index (χ0) is 19.9. The van der Waals surface area contributed by atoms with Crippen molar-refractivity contribution in [3.63, 3.8) is 0 Å². The average molecular weight is 531 g/mol. The van der Waals surface area contributed by atoms with Crippen LogP contribution in [0, 0.1) is 0 Å². The molecular weight excluding hydrogens is 501 g/mol. The molecule has 0 radical (unpaired) electrons. The van der Waals surface area contributed by atoms with Crippen LogP contribution in [0.15, 0.2) is 28.6 Å². The van der Waals surface area contributed by atoms with Gasteiger partial charge < -0.3 is 25.0 Å². The maximum atomic E-state index is 5.39. The lowest BCUT2D eigenvalue weighted by molar-refractivity contribution is 0.394. The number of benzene rings is 1. The number of hydrogen-bond donors (Lipinski definition) is 2. The van der Waals surface area contributed by atoms with E-state index in [-0.39, 0.29) is 24.0 Å². The number of methoxy groups -OCH3 is 2. The number of nitrogens with zero attached hydrogens (tertiary/aromatic N) is 3. The largest absolute Gasteiger partial charge is 0.497 e. The van der Waals surface area contributed by atoms with E-state index in [1.54, 1.807) is 32.6 Å². The van der Waals surface area contributed by atoms with Crippen LogP contribution in [0.25, 0.3) is 0 Å². The standard InChI is InChI=1S/C20H29N5O2S.HI/c1-5-19-23-15(13-28-19)11-22-20(21-2)24-14-6-7-25(12-14)16-8-17(26-3)10-18(9-16)27-4;/h8-10,13-14H,5-7,11-12H2,1-4H3,(H2,21,22,24);1H. The number of nitrogens with one attached hydrogen (secondary N) is 2. The number of guanidine groups is 1. The Balaban J connectivity index is 0.00000300. The molecule has 1 aliphatic heterocycles. The van der Waals surface area contributed by atoms with Crippen molar-refractivity contribution in [3.05, 3.63) is 34.3 Å². The van der Waals surface area contributed by atoms with Gasteiger partial charge in [-0.15, -0.1) is 35.3 Å². The van der Waals surface area contributed by atoms with E-state index in [2.05, 4.69) is 37.8 Å². The van der Waals surface area contributed by atoms with Gasteiger partial charge in [-0.25, -0.2) is 4.98 Å². The molecule has 0 aliphatic carbocycles. The molecule has 9 heteroatoms. The fourth-order valence-corrected chi connectivity index (χ4v) is 3.99. The first-order valence-corrected chi connectivity index (χ1v) is 10.4. The molecule has 3 rings (SSSR count). The predicted octanol–water partition coefficient (Wildman–Crippen LogP) is 3.28. The van der Waals surface area contributed by atoms with Crippen molar-refractivity contribution in [2.45, 2.75) is 32.4 Å². The van der Waals surface area contributed by atoms with Crippen molar-refractivity contribution in [1.29, 1.82) is 0 Å². The number of hydrogen-bond acceptors (Lipinski definition) is 6. The Morgan fingerprint density at radius 2 is 2.00 bits per heavy atom. The van der Waals surface area contributed by atoms with Crippen LogP contribution in [0.3, 0.4) is 0 Å². The molecule has 7 nitrogen and oxygen atoms in total. The first-order valence-electron chi connectivity index (χ1n) is 9.53. The highest BCUT2D eigenvalue weighted by molar-refractivity contribution is 14.0. The van der Waals surface area contributed by atoms with Crippen LogP contribution in [0.4, 0.5) is 5.69 Å². The third-order valence-corrected chi connectivity index (χ3v) is 5.83. The zero-order valence-electron chi connectivity index (χ0n) is 17.4. The van der Waals surface area contributed by atoms with Crippen LogP contribution < -0.4 is 25.0 Å². The molecule has 1 aromatic carbocycles. The Bertz CT molecular complexity index is 792. The van der Waals surface area contributed by atoms with E-state index in [0.717, 1.165) is 54.8 Å². The minimum absolute atomic E-state index is 0. The lowest BCUT2D eigenvalue weighted by Crippen LogP contribution is -2.44. The summed E-state index contributed by atoms with van der Waals surface area (Å²) in [5.74, 6) is 2.41. The predicted molar refractivity (Wildman–Crippen MR) is 130 cm³/mol. The topological polar surface area (TPSA) is 71.0 Å². The van der Waals surface area contributed by atoms with Crippen molar-refractivity contribution in [2.75, 3.05) is 39.3 Å². The summed E-state index contributed by atoms with van der Waals surface area (Å²) < 4.78 is 10.8. The van der Waals surface area contributed by atoms with Gasteiger partial charge in [-0.1, -0.05) is 6.92 Å². The lowest BCUT2D eigenvalue weighted by atomic mass is 10.2. The molecular formula is C20H30IN5O2S. The quantitative estimate of drug-likeness (QED) is 0.325. The average Bonchev–Trinajstić information content (AvgIpc) is 3.40. The Hall–Kier alpha value is -1.75. The fourth-order valence-electron chi connectivity index (χ4n) is 3.24. The third kappa shape index (κ3) is 6.36. The number of aliphatic imine (C=N–C) groups is 1. The van der Waals surface area contributed by atoms with Crippen molar-refractivity contribution >= 4 is 47.0 Å². The van der Waals surface area contributed by atoms with Gasteiger partial charge in [-0.3, -0.25) is 4.99 Å². The highest BCUT2D eigenvalue weighted by Gasteiger charge is 2.24. The summed E-state index contributed by atoms with van der Waals surface area (Å²) in [5.41, 5.74) is 2.17.